The first kappa shape index (κ1) is 11.4. The number of pyridine rings is 1. The lowest BCUT2D eigenvalue weighted by atomic mass is 10.1. The van der Waals surface area contributed by atoms with Crippen LogP contribution in [0.1, 0.15) is 37.4 Å². The zero-order valence-corrected chi connectivity index (χ0v) is 10.2. The Hall–Kier alpha value is -1.09. The van der Waals surface area contributed by atoms with Gasteiger partial charge in [-0.3, -0.25) is 0 Å². The molecule has 1 aliphatic rings. The Labute approximate surface area is 97.5 Å². The molecule has 0 amide bonds. The SMILES string of the molecule is Cc1ccc(CN)c(NC2CCC(C)C2)n1. The Morgan fingerprint density at radius 3 is 2.88 bits per heavy atom. The fraction of sp³-hybridized carbons (Fsp3) is 0.615. The van der Waals surface area contributed by atoms with Crippen molar-refractivity contribution in [2.75, 3.05) is 5.32 Å². The van der Waals surface area contributed by atoms with E-state index >= 15 is 0 Å². The maximum absolute atomic E-state index is 5.72. The van der Waals surface area contributed by atoms with E-state index in [4.69, 9.17) is 5.73 Å². The molecule has 1 aromatic rings. The average Bonchev–Trinajstić information content (AvgIpc) is 2.64. The zero-order chi connectivity index (χ0) is 11.5. The van der Waals surface area contributed by atoms with Crippen molar-refractivity contribution in [1.29, 1.82) is 0 Å². The third-order valence-corrected chi connectivity index (χ3v) is 3.37. The monoisotopic (exact) mass is 219 g/mol. The number of aromatic nitrogens is 1. The number of nitrogens with two attached hydrogens (primary N) is 1. The molecule has 2 rings (SSSR count). The van der Waals surface area contributed by atoms with Crippen molar-refractivity contribution in [1.82, 2.24) is 4.98 Å². The number of anilines is 1. The summed E-state index contributed by atoms with van der Waals surface area (Å²) in [5.74, 6) is 1.82. The van der Waals surface area contributed by atoms with Crippen LogP contribution < -0.4 is 11.1 Å². The van der Waals surface area contributed by atoms with Gasteiger partial charge in [-0.15, -0.1) is 0 Å². The van der Waals surface area contributed by atoms with Crippen molar-refractivity contribution in [3.05, 3.63) is 23.4 Å². The Bertz CT molecular complexity index is 362. The van der Waals surface area contributed by atoms with Gasteiger partial charge in [0.05, 0.1) is 0 Å². The molecule has 88 valence electrons. The molecule has 0 bridgehead atoms. The van der Waals surface area contributed by atoms with Crippen LogP contribution in [0, 0.1) is 12.8 Å². The first-order valence-corrected chi connectivity index (χ1v) is 6.12. The lowest BCUT2D eigenvalue weighted by Gasteiger charge is -2.16. The maximum Gasteiger partial charge on any atom is 0.130 e. The standard InChI is InChI=1S/C13H21N3/c1-9-3-6-12(7-9)16-13-11(8-14)5-4-10(2)15-13/h4-5,9,12H,3,6-8,14H2,1-2H3,(H,15,16). The summed E-state index contributed by atoms with van der Waals surface area (Å²) in [5.41, 5.74) is 7.89. The minimum atomic E-state index is 0.553. The van der Waals surface area contributed by atoms with E-state index in [1.54, 1.807) is 0 Å². The summed E-state index contributed by atoms with van der Waals surface area (Å²) >= 11 is 0. The number of nitrogens with one attached hydrogen (secondary N) is 1. The van der Waals surface area contributed by atoms with Gasteiger partial charge in [0.2, 0.25) is 0 Å². The lowest BCUT2D eigenvalue weighted by Crippen LogP contribution is -2.18. The van der Waals surface area contributed by atoms with Gasteiger partial charge in [-0.2, -0.15) is 0 Å². The van der Waals surface area contributed by atoms with Crippen molar-refractivity contribution in [3.63, 3.8) is 0 Å². The summed E-state index contributed by atoms with van der Waals surface area (Å²) in [6, 6.07) is 4.67. The largest absolute Gasteiger partial charge is 0.367 e. The Kier molecular flexibility index (Phi) is 3.44. The summed E-state index contributed by atoms with van der Waals surface area (Å²) in [5, 5.41) is 3.54. The summed E-state index contributed by atoms with van der Waals surface area (Å²) < 4.78 is 0. The highest BCUT2D eigenvalue weighted by molar-refractivity contribution is 5.45. The van der Waals surface area contributed by atoms with E-state index in [1.807, 2.05) is 13.0 Å². The third-order valence-electron chi connectivity index (χ3n) is 3.37. The molecule has 3 heteroatoms. The zero-order valence-electron chi connectivity index (χ0n) is 10.2. The second kappa shape index (κ2) is 4.83. The Balaban J connectivity index is 2.10. The van der Waals surface area contributed by atoms with Crippen LogP contribution in [-0.2, 0) is 6.54 Å². The lowest BCUT2D eigenvalue weighted by molar-refractivity contribution is 0.602. The molecule has 0 aromatic carbocycles. The Morgan fingerprint density at radius 1 is 1.44 bits per heavy atom. The minimum Gasteiger partial charge on any atom is -0.367 e. The van der Waals surface area contributed by atoms with E-state index < -0.39 is 0 Å². The summed E-state index contributed by atoms with van der Waals surface area (Å²) in [7, 11) is 0. The minimum absolute atomic E-state index is 0.553. The average molecular weight is 219 g/mol. The van der Waals surface area contributed by atoms with Gasteiger partial charge in [-0.05, 0) is 38.2 Å². The fourth-order valence-electron chi connectivity index (χ4n) is 2.41. The van der Waals surface area contributed by atoms with E-state index in [0.717, 1.165) is 23.0 Å². The van der Waals surface area contributed by atoms with Gasteiger partial charge in [-0.25, -0.2) is 4.98 Å². The van der Waals surface area contributed by atoms with Crippen LogP contribution in [0.3, 0.4) is 0 Å². The molecule has 0 saturated heterocycles. The molecule has 1 aromatic heterocycles. The van der Waals surface area contributed by atoms with Crippen molar-refractivity contribution < 1.29 is 0 Å². The summed E-state index contributed by atoms with van der Waals surface area (Å²) in [4.78, 5) is 4.54. The molecular weight excluding hydrogens is 198 g/mol. The quantitative estimate of drug-likeness (QED) is 0.821. The molecule has 3 N–H and O–H groups in total. The van der Waals surface area contributed by atoms with Gasteiger partial charge >= 0.3 is 0 Å². The highest BCUT2D eigenvalue weighted by Gasteiger charge is 2.21. The van der Waals surface area contributed by atoms with Gasteiger partial charge in [0.25, 0.3) is 0 Å². The van der Waals surface area contributed by atoms with Crippen LogP contribution in [0.5, 0.6) is 0 Å². The van der Waals surface area contributed by atoms with Crippen LogP contribution >= 0.6 is 0 Å². The molecule has 3 nitrogen and oxygen atoms in total. The van der Waals surface area contributed by atoms with E-state index in [-0.39, 0.29) is 0 Å². The van der Waals surface area contributed by atoms with Crippen molar-refractivity contribution in [2.24, 2.45) is 11.7 Å². The molecule has 1 heterocycles. The van der Waals surface area contributed by atoms with Crippen molar-refractivity contribution >= 4 is 5.82 Å². The molecule has 16 heavy (non-hydrogen) atoms. The number of hydrogen-bond donors (Lipinski definition) is 2. The highest BCUT2D eigenvalue weighted by atomic mass is 15.0. The van der Waals surface area contributed by atoms with E-state index in [1.165, 1.54) is 19.3 Å². The molecular formula is C13H21N3. The smallest absolute Gasteiger partial charge is 0.130 e. The van der Waals surface area contributed by atoms with E-state index in [2.05, 4.69) is 23.3 Å². The second-order valence-corrected chi connectivity index (χ2v) is 4.92. The molecule has 0 aliphatic heterocycles. The topological polar surface area (TPSA) is 50.9 Å². The first-order valence-electron chi connectivity index (χ1n) is 6.12. The van der Waals surface area contributed by atoms with Crippen molar-refractivity contribution in [2.45, 2.75) is 45.7 Å². The predicted molar refractivity (Wildman–Crippen MR) is 67.3 cm³/mol. The molecule has 2 atom stereocenters. The van der Waals surface area contributed by atoms with Crippen LogP contribution in [0.4, 0.5) is 5.82 Å². The fourth-order valence-corrected chi connectivity index (χ4v) is 2.41. The third kappa shape index (κ3) is 2.53. The molecule has 0 spiro atoms. The number of hydrogen-bond acceptors (Lipinski definition) is 3. The van der Waals surface area contributed by atoms with Crippen molar-refractivity contribution in [3.8, 4) is 0 Å². The van der Waals surface area contributed by atoms with E-state index in [0.29, 0.717) is 12.6 Å². The molecule has 1 saturated carbocycles. The number of nitrogens with zero attached hydrogens (tertiary/aromatic N) is 1. The first-order chi connectivity index (χ1) is 7.69. The van der Waals surface area contributed by atoms with Crippen LogP contribution in [0.25, 0.3) is 0 Å². The van der Waals surface area contributed by atoms with E-state index in [9.17, 15) is 0 Å². The summed E-state index contributed by atoms with van der Waals surface area (Å²) in [6.07, 6.45) is 3.82. The highest BCUT2D eigenvalue weighted by Crippen LogP contribution is 2.27. The van der Waals surface area contributed by atoms with Gasteiger partial charge in [0.15, 0.2) is 0 Å². The molecule has 2 unspecified atom stereocenters. The van der Waals surface area contributed by atoms with Gasteiger partial charge in [0.1, 0.15) is 5.82 Å². The van der Waals surface area contributed by atoms with Gasteiger partial charge < -0.3 is 11.1 Å². The number of rotatable bonds is 3. The molecule has 1 aliphatic carbocycles. The molecule has 0 radical (unpaired) electrons. The second-order valence-electron chi connectivity index (χ2n) is 4.92. The van der Waals surface area contributed by atoms with Gasteiger partial charge in [-0.1, -0.05) is 13.0 Å². The number of aryl methyl sites for hydroxylation is 1. The normalized spacial score (nSPS) is 24.7. The van der Waals surface area contributed by atoms with Crippen LogP contribution in [0.2, 0.25) is 0 Å². The maximum atomic E-state index is 5.72. The van der Waals surface area contributed by atoms with Crippen LogP contribution in [0.15, 0.2) is 12.1 Å². The predicted octanol–water partition coefficient (Wildman–Crippen LogP) is 2.45. The van der Waals surface area contributed by atoms with Crippen LogP contribution in [-0.4, -0.2) is 11.0 Å². The molecule has 1 fully saturated rings. The Morgan fingerprint density at radius 2 is 2.25 bits per heavy atom. The summed E-state index contributed by atoms with van der Waals surface area (Å²) in [6.45, 7) is 4.88. The van der Waals surface area contributed by atoms with Gasteiger partial charge in [0, 0.05) is 23.8 Å².